The number of nitrogens with zero attached hydrogens (tertiary/aromatic N) is 2. The third kappa shape index (κ3) is 3.74. The monoisotopic (exact) mass is 375 g/mol. The minimum absolute atomic E-state index is 0.205. The summed E-state index contributed by atoms with van der Waals surface area (Å²) in [5.41, 5.74) is 4.89. The lowest BCUT2D eigenvalue weighted by molar-refractivity contribution is 0.0949. The molecule has 1 aromatic heterocycles. The largest absolute Gasteiger partial charge is 0.350 e. The number of anilines is 2. The molecule has 142 valence electrons. The van der Waals surface area contributed by atoms with E-state index < -0.39 is 0 Å². The van der Waals surface area contributed by atoms with Crippen LogP contribution in [0.5, 0.6) is 0 Å². The lowest BCUT2D eigenvalue weighted by Crippen LogP contribution is -2.27. The van der Waals surface area contributed by atoms with Crippen molar-refractivity contribution in [2.75, 3.05) is 11.4 Å². The Morgan fingerprint density at radius 2 is 1.93 bits per heavy atom. The van der Waals surface area contributed by atoms with Gasteiger partial charge in [0.25, 0.3) is 5.91 Å². The number of carbonyl (C=O) groups is 1. The Morgan fingerprint density at radius 3 is 2.68 bits per heavy atom. The number of pyridine rings is 1. The second-order valence-electron chi connectivity index (χ2n) is 7.09. The molecule has 1 amide bonds. The first-order valence-electron chi connectivity index (χ1n) is 9.47. The normalized spacial score (nSPS) is 15.4. The molecular formula is C23H22FN3O. The number of hydrogen-bond acceptors (Lipinski definition) is 3. The fourth-order valence-electron chi connectivity index (χ4n) is 3.68. The topological polar surface area (TPSA) is 45.2 Å². The molecule has 1 aliphatic heterocycles. The Hall–Kier alpha value is -3.21. The van der Waals surface area contributed by atoms with Gasteiger partial charge in [0.05, 0.1) is 11.9 Å². The number of aromatic nitrogens is 1. The number of para-hydroxylation sites is 1. The summed E-state index contributed by atoms with van der Waals surface area (Å²) in [5, 5.41) is 2.87. The maximum Gasteiger partial charge on any atom is 0.269 e. The van der Waals surface area contributed by atoms with Gasteiger partial charge in [0.1, 0.15) is 11.5 Å². The first kappa shape index (κ1) is 18.2. The number of benzene rings is 2. The van der Waals surface area contributed by atoms with E-state index in [9.17, 15) is 9.18 Å². The fourth-order valence-corrected chi connectivity index (χ4v) is 3.68. The van der Waals surface area contributed by atoms with E-state index >= 15 is 0 Å². The number of rotatable bonds is 5. The molecule has 3 aromatic rings. The molecule has 0 saturated heterocycles. The van der Waals surface area contributed by atoms with Crippen molar-refractivity contribution >= 4 is 17.3 Å². The van der Waals surface area contributed by atoms with E-state index in [0.717, 1.165) is 17.7 Å². The highest BCUT2D eigenvalue weighted by Crippen LogP contribution is 2.37. The highest BCUT2D eigenvalue weighted by Gasteiger charge is 2.27. The summed E-state index contributed by atoms with van der Waals surface area (Å²) >= 11 is 0. The highest BCUT2D eigenvalue weighted by atomic mass is 19.1. The van der Waals surface area contributed by atoms with Crippen LogP contribution in [0.3, 0.4) is 0 Å². The summed E-state index contributed by atoms with van der Waals surface area (Å²) in [5.74, 6) is -0.462. The maximum absolute atomic E-state index is 12.9. The van der Waals surface area contributed by atoms with Gasteiger partial charge in [0.2, 0.25) is 0 Å². The van der Waals surface area contributed by atoms with Gasteiger partial charge in [-0.2, -0.15) is 0 Å². The molecule has 2 heterocycles. The van der Waals surface area contributed by atoms with Crippen molar-refractivity contribution in [3.05, 3.63) is 89.5 Å². The van der Waals surface area contributed by atoms with Crippen LogP contribution in [0.15, 0.2) is 66.9 Å². The average Bonchev–Trinajstić information content (AvgIpc) is 3.05. The van der Waals surface area contributed by atoms with Crippen LogP contribution in [0.1, 0.15) is 28.5 Å². The minimum atomic E-state index is -0.257. The van der Waals surface area contributed by atoms with Crippen LogP contribution in [0.4, 0.5) is 15.8 Å². The van der Waals surface area contributed by atoms with E-state index in [1.807, 2.05) is 12.1 Å². The zero-order valence-electron chi connectivity index (χ0n) is 15.7. The van der Waals surface area contributed by atoms with Crippen LogP contribution in [0.25, 0.3) is 0 Å². The molecule has 2 aromatic carbocycles. The SMILES string of the molecule is CC1Cc2ccccc2N1c1ccc(C(=O)NCCc2ccc(F)cc2)nc1. The van der Waals surface area contributed by atoms with Crippen LogP contribution >= 0.6 is 0 Å². The van der Waals surface area contributed by atoms with Crippen LogP contribution in [-0.4, -0.2) is 23.5 Å². The number of carbonyl (C=O) groups excluding carboxylic acids is 1. The van der Waals surface area contributed by atoms with Gasteiger partial charge in [-0.3, -0.25) is 4.79 Å². The molecule has 1 atom stereocenters. The smallest absolute Gasteiger partial charge is 0.269 e. The van der Waals surface area contributed by atoms with Gasteiger partial charge >= 0.3 is 0 Å². The molecule has 0 aliphatic carbocycles. The summed E-state index contributed by atoms with van der Waals surface area (Å²) in [6, 6.07) is 18.7. The Kier molecular flexibility index (Phi) is 5.06. The van der Waals surface area contributed by atoms with E-state index in [-0.39, 0.29) is 11.7 Å². The van der Waals surface area contributed by atoms with Crippen molar-refractivity contribution < 1.29 is 9.18 Å². The van der Waals surface area contributed by atoms with Crippen LogP contribution in [0.2, 0.25) is 0 Å². The van der Waals surface area contributed by atoms with Gasteiger partial charge in [0, 0.05) is 18.3 Å². The molecule has 0 bridgehead atoms. The first-order chi connectivity index (χ1) is 13.6. The van der Waals surface area contributed by atoms with Crippen molar-refractivity contribution in [3.63, 3.8) is 0 Å². The van der Waals surface area contributed by atoms with Crippen LogP contribution < -0.4 is 10.2 Å². The predicted octanol–water partition coefficient (Wildman–Crippen LogP) is 4.28. The molecule has 1 unspecified atom stereocenters. The van der Waals surface area contributed by atoms with Crippen molar-refractivity contribution in [2.45, 2.75) is 25.8 Å². The standard InChI is InChI=1S/C23H22FN3O/c1-16-14-18-4-2-3-5-22(18)27(16)20-10-11-21(26-15-20)23(28)25-13-12-17-6-8-19(24)9-7-17/h2-11,15-16H,12-14H2,1H3,(H,25,28). The summed E-state index contributed by atoms with van der Waals surface area (Å²) in [6.07, 6.45) is 3.40. The van der Waals surface area contributed by atoms with E-state index in [2.05, 4.69) is 40.3 Å². The minimum Gasteiger partial charge on any atom is -0.350 e. The number of hydrogen-bond donors (Lipinski definition) is 1. The summed E-state index contributed by atoms with van der Waals surface area (Å²) in [4.78, 5) is 19.0. The van der Waals surface area contributed by atoms with Crippen molar-refractivity contribution in [1.29, 1.82) is 0 Å². The summed E-state index contributed by atoms with van der Waals surface area (Å²) < 4.78 is 12.9. The Labute approximate surface area is 164 Å². The molecule has 1 aliphatic rings. The lowest BCUT2D eigenvalue weighted by Gasteiger charge is -2.24. The van der Waals surface area contributed by atoms with Crippen molar-refractivity contribution in [2.24, 2.45) is 0 Å². The molecule has 0 spiro atoms. The maximum atomic E-state index is 12.9. The lowest BCUT2D eigenvalue weighted by atomic mass is 10.1. The van der Waals surface area contributed by atoms with Gasteiger partial charge in [-0.05, 0) is 61.2 Å². The molecule has 0 radical (unpaired) electrons. The molecule has 0 saturated carbocycles. The molecular weight excluding hydrogens is 353 g/mol. The Balaban J connectivity index is 1.39. The fraction of sp³-hybridized carbons (Fsp3) is 0.217. The van der Waals surface area contributed by atoms with E-state index in [4.69, 9.17) is 0 Å². The second-order valence-corrected chi connectivity index (χ2v) is 7.09. The predicted molar refractivity (Wildman–Crippen MR) is 108 cm³/mol. The molecule has 5 heteroatoms. The van der Waals surface area contributed by atoms with Gasteiger partial charge in [-0.25, -0.2) is 9.37 Å². The zero-order valence-corrected chi connectivity index (χ0v) is 15.7. The zero-order chi connectivity index (χ0) is 19.5. The Morgan fingerprint density at radius 1 is 1.14 bits per heavy atom. The molecule has 4 rings (SSSR count). The first-order valence-corrected chi connectivity index (χ1v) is 9.47. The van der Waals surface area contributed by atoms with Gasteiger partial charge in [0.15, 0.2) is 0 Å². The van der Waals surface area contributed by atoms with Crippen molar-refractivity contribution in [1.82, 2.24) is 10.3 Å². The molecule has 0 fully saturated rings. The summed E-state index contributed by atoms with van der Waals surface area (Å²) in [7, 11) is 0. The summed E-state index contributed by atoms with van der Waals surface area (Å²) in [6.45, 7) is 2.67. The van der Waals surface area contributed by atoms with Gasteiger partial charge < -0.3 is 10.2 Å². The molecule has 28 heavy (non-hydrogen) atoms. The third-order valence-corrected chi connectivity index (χ3v) is 5.08. The van der Waals surface area contributed by atoms with E-state index in [1.54, 1.807) is 24.4 Å². The van der Waals surface area contributed by atoms with Crippen LogP contribution in [-0.2, 0) is 12.8 Å². The molecule has 4 nitrogen and oxygen atoms in total. The highest BCUT2D eigenvalue weighted by molar-refractivity contribution is 5.92. The third-order valence-electron chi connectivity index (χ3n) is 5.08. The second kappa shape index (κ2) is 7.80. The van der Waals surface area contributed by atoms with Gasteiger partial charge in [-0.1, -0.05) is 30.3 Å². The number of nitrogens with one attached hydrogen (secondary N) is 1. The molecule has 1 N–H and O–H groups in total. The van der Waals surface area contributed by atoms with Crippen LogP contribution in [0, 0.1) is 5.82 Å². The number of amides is 1. The number of halogens is 1. The van der Waals surface area contributed by atoms with E-state index in [1.165, 1.54) is 23.4 Å². The Bertz CT molecular complexity index is 970. The number of fused-ring (bicyclic) bond motifs is 1. The quantitative estimate of drug-likeness (QED) is 0.724. The van der Waals surface area contributed by atoms with Crippen molar-refractivity contribution in [3.8, 4) is 0 Å². The average molecular weight is 375 g/mol. The van der Waals surface area contributed by atoms with E-state index in [0.29, 0.717) is 24.7 Å². The van der Waals surface area contributed by atoms with Gasteiger partial charge in [-0.15, -0.1) is 0 Å².